The Balaban J connectivity index is 0.662. The van der Waals surface area contributed by atoms with Gasteiger partial charge in [0.25, 0.3) is 5.91 Å². The highest BCUT2D eigenvalue weighted by Gasteiger charge is 2.64. The van der Waals surface area contributed by atoms with Gasteiger partial charge in [0.1, 0.15) is 29.5 Å². The summed E-state index contributed by atoms with van der Waals surface area (Å²) in [6, 6.07) is 22.8. The lowest BCUT2D eigenvalue weighted by Crippen LogP contribution is -2.74. The van der Waals surface area contributed by atoms with E-state index in [0.717, 1.165) is 145 Å². The molecule has 4 fully saturated rings. The van der Waals surface area contributed by atoms with Crippen molar-refractivity contribution in [2.75, 3.05) is 87.4 Å². The molecule has 5 aliphatic heterocycles. The van der Waals surface area contributed by atoms with Crippen LogP contribution in [0.4, 0.5) is 23.0 Å². The number of anilines is 4. The first kappa shape index (κ1) is 49.5. The lowest BCUT2D eigenvalue weighted by atomic mass is 9.49. The molecule has 2 aromatic carbocycles. The Hall–Kier alpha value is -6.70. The molecule has 3 saturated heterocycles. The predicted molar refractivity (Wildman–Crippen MR) is 285 cm³/mol. The van der Waals surface area contributed by atoms with Gasteiger partial charge in [0.05, 0.1) is 42.8 Å². The molecule has 0 spiro atoms. The summed E-state index contributed by atoms with van der Waals surface area (Å²) in [6.45, 7) is 19.7. The van der Waals surface area contributed by atoms with Crippen molar-refractivity contribution in [3.63, 3.8) is 0 Å². The predicted octanol–water partition coefficient (Wildman–Crippen LogP) is 7.96. The number of hydrogen-bond acceptors (Lipinski definition) is 13. The minimum Gasteiger partial charge on any atom is -0.495 e. The summed E-state index contributed by atoms with van der Waals surface area (Å²) in [5.41, 5.74) is 8.34. The second kappa shape index (κ2) is 20.2. The highest BCUT2D eigenvalue weighted by atomic mass is 16.5. The van der Waals surface area contributed by atoms with Gasteiger partial charge < -0.3 is 39.1 Å². The van der Waals surface area contributed by atoms with Crippen molar-refractivity contribution in [1.29, 1.82) is 5.26 Å². The Labute approximate surface area is 435 Å². The quantitative estimate of drug-likeness (QED) is 0.136. The molecular weight excluding hydrogens is 931 g/mol. The van der Waals surface area contributed by atoms with Crippen molar-refractivity contribution < 1.29 is 23.8 Å². The molecule has 0 radical (unpaired) electrons. The van der Waals surface area contributed by atoms with E-state index in [4.69, 9.17) is 29.3 Å². The second-order valence-corrected chi connectivity index (χ2v) is 22.4. The summed E-state index contributed by atoms with van der Waals surface area (Å²) in [4.78, 5) is 48.1. The largest absolute Gasteiger partial charge is 0.495 e. The molecule has 1 N–H and O–H groups in total. The Kier molecular flexibility index (Phi) is 13.5. The van der Waals surface area contributed by atoms with Crippen LogP contribution < -0.4 is 29.5 Å². The number of nitriles is 1. The molecule has 3 aromatic heterocycles. The highest BCUT2D eigenvalue weighted by Crippen LogP contribution is 2.56. The number of methoxy groups -OCH3 is 1. The number of piperidine rings is 1. The van der Waals surface area contributed by atoms with E-state index in [2.05, 4.69) is 93.7 Å². The molecule has 6 aliphatic rings. The molecule has 16 nitrogen and oxygen atoms in total. The Bertz CT molecular complexity index is 2890. The van der Waals surface area contributed by atoms with Crippen LogP contribution in [-0.4, -0.2) is 132 Å². The van der Waals surface area contributed by atoms with E-state index in [9.17, 15) is 14.9 Å². The first-order valence-electron chi connectivity index (χ1n) is 26.9. The molecule has 5 aromatic rings. The maximum absolute atomic E-state index is 13.7. The van der Waals surface area contributed by atoms with Crippen LogP contribution in [0.3, 0.4) is 0 Å². The number of nitrogens with zero attached hydrogens (tertiary/aromatic N) is 10. The molecule has 8 heterocycles. The van der Waals surface area contributed by atoms with Gasteiger partial charge in [0.2, 0.25) is 5.91 Å². The minimum atomic E-state index is -0.339. The normalized spacial score (nSPS) is 22.0. The van der Waals surface area contributed by atoms with Crippen molar-refractivity contribution >= 4 is 34.8 Å². The number of hydrogen-bond donors (Lipinski definition) is 1. The van der Waals surface area contributed by atoms with Crippen LogP contribution in [0.25, 0.3) is 11.3 Å². The smallest absolute Gasteiger partial charge is 0.251 e. The van der Waals surface area contributed by atoms with Gasteiger partial charge in [0.15, 0.2) is 5.82 Å². The Morgan fingerprint density at radius 1 is 0.811 bits per heavy atom. The third-order valence-electron chi connectivity index (χ3n) is 17.2. The fraction of sp³-hybridized carbons (Fsp3) is 0.517. The van der Waals surface area contributed by atoms with E-state index in [0.29, 0.717) is 41.3 Å². The topological polar surface area (TPSA) is 157 Å². The molecular formula is C58H71N11O5. The van der Waals surface area contributed by atoms with Crippen LogP contribution in [0, 0.1) is 22.2 Å². The zero-order valence-electron chi connectivity index (χ0n) is 44.0. The summed E-state index contributed by atoms with van der Waals surface area (Å²) in [6.07, 6.45) is 10.8. The molecule has 0 atom stereocenters. The lowest BCUT2D eigenvalue weighted by Gasteiger charge is -2.63. The summed E-state index contributed by atoms with van der Waals surface area (Å²) in [7, 11) is 1.55. The Morgan fingerprint density at radius 3 is 2.26 bits per heavy atom. The SMILES string of the molecule is COc1cc(OC2C(C)(C)C(NC(=O)c3ccc(N4CCN(C5CCN(c6ccc(-c7cc8c(cn7)N(c7nn(C9CCOCC9)c9c7CN(C(C)=O)CC9)CCC8)cn6)CC5)CC4)cc3)C2(C)C)ccc1C#N. The van der Waals surface area contributed by atoms with Gasteiger partial charge in [-0.3, -0.25) is 24.2 Å². The van der Waals surface area contributed by atoms with Crippen LogP contribution in [0.5, 0.6) is 11.5 Å². The third-order valence-corrected chi connectivity index (χ3v) is 17.2. The first-order chi connectivity index (χ1) is 35.8. The van der Waals surface area contributed by atoms with Gasteiger partial charge in [-0.1, -0.05) is 27.7 Å². The molecule has 11 rings (SSSR count). The summed E-state index contributed by atoms with van der Waals surface area (Å²) < 4.78 is 19.9. The van der Waals surface area contributed by atoms with Gasteiger partial charge >= 0.3 is 0 Å². The van der Waals surface area contributed by atoms with Crippen LogP contribution in [0.1, 0.15) is 106 Å². The van der Waals surface area contributed by atoms with Gasteiger partial charge in [-0.05, 0) is 98.7 Å². The third kappa shape index (κ3) is 9.31. The number of carbonyl (C=O) groups excluding carboxylic acids is 2. The number of aryl methyl sites for hydroxylation is 1. The van der Waals surface area contributed by atoms with Crippen LogP contribution in [0.2, 0.25) is 0 Å². The van der Waals surface area contributed by atoms with E-state index in [1.54, 1.807) is 32.2 Å². The van der Waals surface area contributed by atoms with Crippen molar-refractivity contribution in [2.45, 2.75) is 110 Å². The average Bonchev–Trinajstić information content (AvgIpc) is 3.84. The minimum absolute atomic E-state index is 0.0858. The molecule has 16 heteroatoms. The molecule has 1 saturated carbocycles. The zero-order valence-corrected chi connectivity index (χ0v) is 44.0. The number of amides is 2. The fourth-order valence-corrected chi connectivity index (χ4v) is 13.3. The van der Waals surface area contributed by atoms with Crippen LogP contribution in [-0.2, 0) is 28.9 Å². The monoisotopic (exact) mass is 1000 g/mol. The molecule has 74 heavy (non-hydrogen) atoms. The van der Waals surface area contributed by atoms with Crippen molar-refractivity contribution in [3.8, 4) is 28.8 Å². The summed E-state index contributed by atoms with van der Waals surface area (Å²) >= 11 is 0. The zero-order chi connectivity index (χ0) is 51.3. The maximum atomic E-state index is 13.7. The van der Waals surface area contributed by atoms with Gasteiger partial charge in [0, 0.05) is 142 Å². The summed E-state index contributed by atoms with van der Waals surface area (Å²) in [5, 5.41) is 18.1. The van der Waals surface area contributed by atoms with Crippen LogP contribution >= 0.6 is 0 Å². The number of carbonyl (C=O) groups is 2. The van der Waals surface area contributed by atoms with Crippen LogP contribution in [0.15, 0.2) is 73.1 Å². The number of fused-ring (bicyclic) bond motifs is 2. The van der Waals surface area contributed by atoms with Gasteiger partial charge in [-0.15, -0.1) is 0 Å². The van der Waals surface area contributed by atoms with Crippen molar-refractivity contribution in [3.05, 3.63) is 101 Å². The number of rotatable bonds is 11. The molecule has 1 aliphatic carbocycles. The number of piperazine rings is 1. The molecule has 388 valence electrons. The standard InChI is InChI=1S/C58H71N11O5/c1-38(70)67-25-19-49-47(37-67)53(63-69(49)45-20-30-73-31-21-45)68-22-7-8-40-32-48(60-36-50(40)68)42-12-16-52(61-35-42)66-23-17-44(18-24-66)65-28-26-64(27-29-65)43-13-9-39(10-14-43)54(71)62-55-57(2,3)56(58(55,4)5)74-46-15-11-41(34-59)51(33-46)72-6/h9-16,32-33,35-36,44-45,55-56H,7-8,17-31,37H2,1-6H3,(H,62,71). The number of benzene rings is 2. The maximum Gasteiger partial charge on any atom is 0.251 e. The second-order valence-electron chi connectivity index (χ2n) is 22.4. The average molecular weight is 1000 g/mol. The van der Waals surface area contributed by atoms with E-state index in [-0.39, 0.29) is 34.8 Å². The van der Waals surface area contributed by atoms with E-state index < -0.39 is 0 Å². The Morgan fingerprint density at radius 2 is 1.57 bits per heavy atom. The number of aromatic nitrogens is 4. The molecule has 0 unspecified atom stereocenters. The number of ether oxygens (including phenoxy) is 3. The van der Waals surface area contributed by atoms with E-state index in [1.165, 1.54) is 16.8 Å². The van der Waals surface area contributed by atoms with Gasteiger partial charge in [-0.2, -0.15) is 10.4 Å². The summed E-state index contributed by atoms with van der Waals surface area (Å²) in [5.74, 6) is 3.13. The highest BCUT2D eigenvalue weighted by molar-refractivity contribution is 5.95. The first-order valence-corrected chi connectivity index (χ1v) is 26.9. The van der Waals surface area contributed by atoms with Crippen molar-refractivity contribution in [2.24, 2.45) is 10.8 Å². The molecule has 0 bridgehead atoms. The van der Waals surface area contributed by atoms with Crippen molar-refractivity contribution in [1.82, 2.24) is 34.9 Å². The van der Waals surface area contributed by atoms with E-state index in [1.807, 2.05) is 29.4 Å². The number of nitrogens with one attached hydrogen (secondary N) is 1. The lowest BCUT2D eigenvalue weighted by molar-refractivity contribution is -0.164. The molecule has 2 amide bonds. The number of pyridine rings is 2. The van der Waals surface area contributed by atoms with E-state index >= 15 is 0 Å². The fourth-order valence-electron chi connectivity index (χ4n) is 13.3. The van der Waals surface area contributed by atoms with Gasteiger partial charge in [-0.25, -0.2) is 4.98 Å².